The number of nitrogens with zero attached hydrogens (tertiary/aromatic N) is 3. The van der Waals surface area contributed by atoms with Crippen LogP contribution in [-0.2, 0) is 0 Å². The summed E-state index contributed by atoms with van der Waals surface area (Å²) in [5, 5.41) is 35.9. The molecular formula is C12H5N3O6S3. The van der Waals surface area contributed by atoms with Crippen molar-refractivity contribution in [3.8, 4) is 19.5 Å². The molecular weight excluding hydrogens is 378 g/mol. The van der Waals surface area contributed by atoms with E-state index in [0.29, 0.717) is 14.6 Å². The van der Waals surface area contributed by atoms with Crippen molar-refractivity contribution < 1.29 is 14.8 Å². The van der Waals surface area contributed by atoms with Gasteiger partial charge in [0.05, 0.1) is 29.9 Å². The van der Waals surface area contributed by atoms with E-state index < -0.39 is 14.8 Å². The van der Waals surface area contributed by atoms with Crippen LogP contribution in [0.1, 0.15) is 0 Å². The second-order valence-corrected chi connectivity index (χ2v) is 7.28. The van der Waals surface area contributed by atoms with Crippen molar-refractivity contribution in [1.29, 1.82) is 0 Å². The van der Waals surface area contributed by atoms with Gasteiger partial charge >= 0.3 is 0 Å². The summed E-state index contributed by atoms with van der Waals surface area (Å²) in [6.45, 7) is 0. The highest BCUT2D eigenvalue weighted by Crippen LogP contribution is 2.48. The van der Waals surface area contributed by atoms with Crippen LogP contribution < -0.4 is 0 Å². The van der Waals surface area contributed by atoms with Gasteiger partial charge in [0, 0.05) is 18.2 Å². The minimum absolute atomic E-state index is 0.125. The smallest absolute Gasteiger partial charge is 0.258 e. The summed E-state index contributed by atoms with van der Waals surface area (Å²) < 4.78 is 0. The molecule has 0 saturated heterocycles. The van der Waals surface area contributed by atoms with Crippen molar-refractivity contribution in [3.63, 3.8) is 0 Å². The van der Waals surface area contributed by atoms with Crippen molar-refractivity contribution in [1.82, 2.24) is 0 Å². The average molecular weight is 383 g/mol. The maximum absolute atomic E-state index is 11.3. The van der Waals surface area contributed by atoms with E-state index in [-0.39, 0.29) is 21.9 Å². The van der Waals surface area contributed by atoms with E-state index in [0.717, 1.165) is 34.0 Å². The molecule has 3 rings (SSSR count). The van der Waals surface area contributed by atoms with Crippen LogP contribution >= 0.6 is 34.0 Å². The Bertz CT molecular complexity index is 973. The van der Waals surface area contributed by atoms with Gasteiger partial charge in [0.15, 0.2) is 0 Å². The molecule has 0 aliphatic heterocycles. The van der Waals surface area contributed by atoms with Crippen LogP contribution in [0, 0.1) is 30.3 Å². The average Bonchev–Trinajstić information content (AvgIpc) is 3.24. The monoisotopic (exact) mass is 383 g/mol. The second kappa shape index (κ2) is 6.07. The Kier molecular flexibility index (Phi) is 4.09. The maximum atomic E-state index is 11.3. The molecule has 3 heterocycles. The third-order valence-electron chi connectivity index (χ3n) is 2.99. The Morgan fingerprint density at radius 1 is 0.792 bits per heavy atom. The fourth-order valence-electron chi connectivity index (χ4n) is 1.98. The Balaban J connectivity index is 2.14. The summed E-state index contributed by atoms with van der Waals surface area (Å²) >= 11 is 3.14. The number of nitro groups is 3. The van der Waals surface area contributed by atoms with Gasteiger partial charge in [0.1, 0.15) is 9.75 Å². The lowest BCUT2D eigenvalue weighted by Gasteiger charge is -1.92. The summed E-state index contributed by atoms with van der Waals surface area (Å²) in [6, 6.07) is 3.86. The molecule has 0 aliphatic rings. The molecule has 0 amide bonds. The van der Waals surface area contributed by atoms with Gasteiger partial charge in [-0.2, -0.15) is 0 Å². The highest BCUT2D eigenvalue weighted by atomic mass is 32.1. The third kappa shape index (κ3) is 2.77. The number of rotatable bonds is 5. The standard InChI is InChI=1S/C12H5N3O6S3/c16-13(17)6-3-9(23-5-6)12-8(15(20)21)4-10(24-12)11-7(14(18)19)1-2-22-11/h1-5H. The summed E-state index contributed by atoms with van der Waals surface area (Å²) in [4.78, 5) is 32.7. The molecule has 0 fully saturated rings. The van der Waals surface area contributed by atoms with Crippen molar-refractivity contribution in [2.75, 3.05) is 0 Å². The Labute approximate surface area is 144 Å². The molecule has 0 N–H and O–H groups in total. The van der Waals surface area contributed by atoms with Crippen molar-refractivity contribution in [3.05, 3.63) is 59.3 Å². The fraction of sp³-hybridized carbons (Fsp3) is 0. The van der Waals surface area contributed by atoms with Crippen LogP contribution in [0.25, 0.3) is 19.5 Å². The van der Waals surface area contributed by atoms with Crippen LogP contribution in [0.15, 0.2) is 29.0 Å². The molecule has 0 atom stereocenters. The topological polar surface area (TPSA) is 129 Å². The van der Waals surface area contributed by atoms with E-state index >= 15 is 0 Å². The summed E-state index contributed by atoms with van der Waals surface area (Å²) in [7, 11) is 0. The molecule has 3 aromatic rings. The van der Waals surface area contributed by atoms with E-state index in [9.17, 15) is 30.3 Å². The molecule has 3 aromatic heterocycles. The first kappa shape index (κ1) is 16.2. The van der Waals surface area contributed by atoms with Gasteiger partial charge < -0.3 is 0 Å². The fourth-order valence-corrected chi connectivity index (χ4v) is 5.07. The highest BCUT2D eigenvalue weighted by Gasteiger charge is 2.27. The van der Waals surface area contributed by atoms with Crippen LogP contribution in [0.4, 0.5) is 17.1 Å². The van der Waals surface area contributed by atoms with Crippen LogP contribution in [0.5, 0.6) is 0 Å². The number of thiophene rings is 3. The molecule has 0 bridgehead atoms. The second-order valence-electron chi connectivity index (χ2n) is 4.40. The highest BCUT2D eigenvalue weighted by molar-refractivity contribution is 7.26. The first-order chi connectivity index (χ1) is 11.4. The Hall–Kier alpha value is -2.70. The molecule has 9 nitrogen and oxygen atoms in total. The van der Waals surface area contributed by atoms with Crippen molar-refractivity contribution >= 4 is 51.1 Å². The molecule has 0 spiro atoms. The Morgan fingerprint density at radius 3 is 2.08 bits per heavy atom. The normalized spacial score (nSPS) is 10.7. The zero-order valence-corrected chi connectivity index (χ0v) is 13.9. The largest absolute Gasteiger partial charge is 0.289 e. The zero-order valence-electron chi connectivity index (χ0n) is 11.4. The van der Waals surface area contributed by atoms with Gasteiger partial charge in [-0.15, -0.1) is 34.0 Å². The predicted octanol–water partition coefficient (Wildman–Crippen LogP) is 4.93. The van der Waals surface area contributed by atoms with Gasteiger partial charge in [0.2, 0.25) is 0 Å². The first-order valence-corrected chi connectivity index (χ1v) is 8.70. The lowest BCUT2D eigenvalue weighted by molar-refractivity contribution is -0.384. The minimum Gasteiger partial charge on any atom is -0.258 e. The molecule has 24 heavy (non-hydrogen) atoms. The molecule has 0 radical (unpaired) electrons. The van der Waals surface area contributed by atoms with Crippen LogP contribution in [0.3, 0.4) is 0 Å². The van der Waals surface area contributed by atoms with Gasteiger partial charge in [0.25, 0.3) is 17.1 Å². The predicted molar refractivity (Wildman–Crippen MR) is 90.9 cm³/mol. The quantitative estimate of drug-likeness (QED) is 0.453. The van der Waals surface area contributed by atoms with Crippen LogP contribution in [0.2, 0.25) is 0 Å². The van der Waals surface area contributed by atoms with Crippen molar-refractivity contribution in [2.24, 2.45) is 0 Å². The summed E-state index contributed by atoms with van der Waals surface area (Å²) in [5.41, 5.74) is -0.504. The zero-order chi connectivity index (χ0) is 17.4. The summed E-state index contributed by atoms with van der Waals surface area (Å²) in [6.07, 6.45) is 0. The lowest BCUT2D eigenvalue weighted by atomic mass is 10.3. The number of hydrogen-bond acceptors (Lipinski definition) is 9. The first-order valence-electron chi connectivity index (χ1n) is 6.12. The van der Waals surface area contributed by atoms with E-state index in [1.165, 1.54) is 29.0 Å². The molecule has 0 aromatic carbocycles. The lowest BCUT2D eigenvalue weighted by Crippen LogP contribution is -1.87. The van der Waals surface area contributed by atoms with Gasteiger partial charge in [-0.25, -0.2) is 0 Å². The van der Waals surface area contributed by atoms with Gasteiger partial charge in [-0.1, -0.05) is 0 Å². The Morgan fingerprint density at radius 2 is 1.50 bits per heavy atom. The molecule has 12 heteroatoms. The minimum atomic E-state index is -0.597. The van der Waals surface area contributed by atoms with Crippen LogP contribution in [-0.4, -0.2) is 14.8 Å². The van der Waals surface area contributed by atoms with Crippen molar-refractivity contribution in [2.45, 2.75) is 0 Å². The SMILES string of the molecule is O=[N+]([O-])c1csc(-c2sc(-c3sccc3[N+](=O)[O-])cc2[N+](=O)[O-])c1. The molecule has 122 valence electrons. The number of hydrogen-bond donors (Lipinski definition) is 0. The van der Waals surface area contributed by atoms with E-state index in [1.54, 1.807) is 0 Å². The molecule has 0 aliphatic carbocycles. The van der Waals surface area contributed by atoms with Gasteiger partial charge in [-0.3, -0.25) is 30.3 Å². The summed E-state index contributed by atoms with van der Waals surface area (Å²) in [5.74, 6) is 0. The maximum Gasteiger partial charge on any atom is 0.289 e. The van der Waals surface area contributed by atoms with E-state index in [1.807, 2.05) is 0 Å². The van der Waals surface area contributed by atoms with E-state index in [2.05, 4.69) is 0 Å². The van der Waals surface area contributed by atoms with Gasteiger partial charge in [-0.05, 0) is 5.38 Å². The van der Waals surface area contributed by atoms with E-state index in [4.69, 9.17) is 0 Å². The molecule has 0 unspecified atom stereocenters. The molecule has 0 saturated carbocycles. The third-order valence-corrected chi connectivity index (χ3v) is 6.30.